The molecule has 1 amide bonds. The SMILES string of the molecule is CCC(CC)NC(=O)c1ccc2nc(-c3cc(-c4cccnc4OC)ccc3O)[nH]c2c1. The molecule has 0 aliphatic rings. The number of hydrogen-bond donors (Lipinski definition) is 3. The number of aromatic amines is 1. The number of aromatic hydroxyl groups is 1. The van der Waals surface area contributed by atoms with Crippen molar-refractivity contribution in [1.29, 1.82) is 0 Å². The van der Waals surface area contributed by atoms with Crippen LogP contribution >= 0.6 is 0 Å². The van der Waals surface area contributed by atoms with Gasteiger partial charge in [0.1, 0.15) is 11.6 Å². The van der Waals surface area contributed by atoms with Crippen LogP contribution in [0, 0.1) is 0 Å². The van der Waals surface area contributed by atoms with Crippen LogP contribution in [0.2, 0.25) is 0 Å². The molecule has 2 aromatic carbocycles. The number of pyridine rings is 1. The topological polar surface area (TPSA) is 100 Å². The smallest absolute Gasteiger partial charge is 0.251 e. The zero-order valence-corrected chi connectivity index (χ0v) is 18.3. The zero-order valence-electron chi connectivity index (χ0n) is 18.3. The van der Waals surface area contributed by atoms with Crippen LogP contribution in [-0.2, 0) is 0 Å². The lowest BCUT2D eigenvalue weighted by molar-refractivity contribution is 0.0935. The molecule has 7 nitrogen and oxygen atoms in total. The number of carbonyl (C=O) groups excluding carboxylic acids is 1. The van der Waals surface area contributed by atoms with Gasteiger partial charge < -0.3 is 20.1 Å². The number of fused-ring (bicyclic) bond motifs is 1. The van der Waals surface area contributed by atoms with Crippen molar-refractivity contribution in [2.45, 2.75) is 32.7 Å². The van der Waals surface area contributed by atoms with Gasteiger partial charge in [-0.05, 0) is 60.9 Å². The Hall–Kier alpha value is -3.87. The van der Waals surface area contributed by atoms with Crippen molar-refractivity contribution in [2.24, 2.45) is 0 Å². The van der Waals surface area contributed by atoms with E-state index in [0.717, 1.165) is 29.5 Å². The van der Waals surface area contributed by atoms with Gasteiger partial charge in [0.05, 0.1) is 23.7 Å². The Kier molecular flexibility index (Phi) is 6.07. The highest BCUT2D eigenvalue weighted by atomic mass is 16.5. The maximum atomic E-state index is 12.6. The number of amides is 1. The quantitative estimate of drug-likeness (QED) is 0.386. The fraction of sp³-hybridized carbons (Fsp3) is 0.240. The number of benzene rings is 2. The van der Waals surface area contributed by atoms with Gasteiger partial charge in [0.25, 0.3) is 5.91 Å². The number of nitrogens with one attached hydrogen (secondary N) is 2. The molecule has 2 heterocycles. The Morgan fingerprint density at radius 1 is 1.12 bits per heavy atom. The summed E-state index contributed by atoms with van der Waals surface area (Å²) in [5, 5.41) is 13.6. The predicted octanol–water partition coefficient (Wildman–Crippen LogP) is 4.92. The summed E-state index contributed by atoms with van der Waals surface area (Å²) in [4.78, 5) is 24.7. The average Bonchev–Trinajstić information content (AvgIpc) is 3.25. The van der Waals surface area contributed by atoms with Crippen LogP contribution in [0.25, 0.3) is 33.5 Å². The molecule has 0 bridgehead atoms. The highest BCUT2D eigenvalue weighted by molar-refractivity contribution is 5.98. The molecule has 0 atom stereocenters. The Labute approximate surface area is 186 Å². The molecule has 4 aromatic rings. The summed E-state index contributed by atoms with van der Waals surface area (Å²) in [6.45, 7) is 4.11. The number of phenolic OH excluding ortho intramolecular Hbond substituents is 1. The van der Waals surface area contributed by atoms with Crippen LogP contribution in [0.3, 0.4) is 0 Å². The van der Waals surface area contributed by atoms with Gasteiger partial charge in [-0.15, -0.1) is 0 Å². The Morgan fingerprint density at radius 3 is 2.69 bits per heavy atom. The molecular formula is C25H26N4O3. The van der Waals surface area contributed by atoms with Crippen LogP contribution < -0.4 is 10.1 Å². The Morgan fingerprint density at radius 2 is 1.94 bits per heavy atom. The monoisotopic (exact) mass is 430 g/mol. The molecule has 164 valence electrons. The van der Waals surface area contributed by atoms with Crippen molar-refractivity contribution in [3.8, 4) is 34.1 Å². The first-order valence-electron chi connectivity index (χ1n) is 10.7. The molecule has 3 N–H and O–H groups in total. The lowest BCUT2D eigenvalue weighted by Gasteiger charge is -2.14. The number of imidazole rings is 1. The molecular weight excluding hydrogens is 404 g/mol. The molecule has 32 heavy (non-hydrogen) atoms. The number of hydrogen-bond acceptors (Lipinski definition) is 5. The van der Waals surface area contributed by atoms with E-state index in [-0.39, 0.29) is 17.7 Å². The average molecular weight is 431 g/mol. The third-order valence-corrected chi connectivity index (χ3v) is 5.59. The molecule has 0 spiro atoms. The van der Waals surface area contributed by atoms with E-state index in [1.165, 1.54) is 0 Å². The minimum atomic E-state index is -0.106. The van der Waals surface area contributed by atoms with Crippen molar-refractivity contribution < 1.29 is 14.6 Å². The second-order valence-electron chi connectivity index (χ2n) is 7.60. The summed E-state index contributed by atoms with van der Waals surface area (Å²) < 4.78 is 5.37. The van der Waals surface area contributed by atoms with Crippen LogP contribution in [0.15, 0.2) is 54.7 Å². The maximum absolute atomic E-state index is 12.6. The summed E-state index contributed by atoms with van der Waals surface area (Å²) >= 11 is 0. The van der Waals surface area contributed by atoms with Gasteiger partial charge in [-0.3, -0.25) is 4.79 Å². The minimum absolute atomic E-state index is 0.0994. The second kappa shape index (κ2) is 9.09. The summed E-state index contributed by atoms with van der Waals surface area (Å²) in [6, 6.07) is 14.5. The van der Waals surface area contributed by atoms with E-state index in [9.17, 15) is 9.90 Å². The van der Waals surface area contributed by atoms with Crippen molar-refractivity contribution in [1.82, 2.24) is 20.3 Å². The van der Waals surface area contributed by atoms with E-state index in [2.05, 4.69) is 34.1 Å². The highest BCUT2D eigenvalue weighted by Crippen LogP contribution is 2.35. The standard InChI is InChI=1S/C25H26N4O3/c1-4-17(5-2)27-24(31)16-8-10-20-21(14-16)29-23(28-20)19-13-15(9-11-22(19)30)18-7-6-12-26-25(18)32-3/h6-14,17,30H,4-5H2,1-3H3,(H,27,31)(H,28,29). The summed E-state index contributed by atoms with van der Waals surface area (Å²) in [7, 11) is 1.57. The third kappa shape index (κ3) is 4.14. The zero-order chi connectivity index (χ0) is 22.7. The number of aromatic nitrogens is 3. The molecule has 0 aliphatic carbocycles. The van der Waals surface area contributed by atoms with Crippen LogP contribution in [0.1, 0.15) is 37.0 Å². The minimum Gasteiger partial charge on any atom is -0.507 e. The molecule has 0 unspecified atom stereocenters. The fourth-order valence-electron chi connectivity index (χ4n) is 3.71. The van der Waals surface area contributed by atoms with Gasteiger partial charge in [0, 0.05) is 23.4 Å². The number of nitrogens with zero attached hydrogens (tertiary/aromatic N) is 2. The highest BCUT2D eigenvalue weighted by Gasteiger charge is 2.16. The van der Waals surface area contributed by atoms with Crippen molar-refractivity contribution in [3.05, 3.63) is 60.3 Å². The lowest BCUT2D eigenvalue weighted by Crippen LogP contribution is -2.33. The van der Waals surface area contributed by atoms with Gasteiger partial charge >= 0.3 is 0 Å². The van der Waals surface area contributed by atoms with Gasteiger partial charge in [-0.25, -0.2) is 9.97 Å². The van der Waals surface area contributed by atoms with Gasteiger partial charge in [0.2, 0.25) is 5.88 Å². The summed E-state index contributed by atoms with van der Waals surface area (Å²) in [6.07, 6.45) is 3.44. The summed E-state index contributed by atoms with van der Waals surface area (Å²) in [5.41, 5.74) is 4.20. The largest absolute Gasteiger partial charge is 0.507 e. The van der Waals surface area contributed by atoms with Crippen LogP contribution in [-0.4, -0.2) is 39.1 Å². The molecule has 0 aliphatic heterocycles. The van der Waals surface area contributed by atoms with Gasteiger partial charge in [-0.2, -0.15) is 0 Å². The predicted molar refractivity (Wildman–Crippen MR) is 125 cm³/mol. The number of carbonyl (C=O) groups is 1. The maximum Gasteiger partial charge on any atom is 0.251 e. The van der Waals surface area contributed by atoms with Crippen LogP contribution in [0.5, 0.6) is 11.6 Å². The number of methoxy groups -OCH3 is 1. The van der Waals surface area contributed by atoms with E-state index in [4.69, 9.17) is 4.74 Å². The van der Waals surface area contributed by atoms with Gasteiger partial charge in [-0.1, -0.05) is 19.9 Å². The van der Waals surface area contributed by atoms with E-state index < -0.39 is 0 Å². The van der Waals surface area contributed by atoms with E-state index in [1.54, 1.807) is 37.6 Å². The molecule has 0 saturated heterocycles. The molecule has 0 fully saturated rings. The number of H-pyrrole nitrogens is 1. The third-order valence-electron chi connectivity index (χ3n) is 5.59. The first kappa shape index (κ1) is 21.4. The van der Waals surface area contributed by atoms with Crippen molar-refractivity contribution in [2.75, 3.05) is 7.11 Å². The first-order valence-corrected chi connectivity index (χ1v) is 10.7. The molecule has 7 heteroatoms. The second-order valence-corrected chi connectivity index (χ2v) is 7.60. The lowest BCUT2D eigenvalue weighted by atomic mass is 10.0. The number of ether oxygens (including phenoxy) is 1. The van der Waals surface area contributed by atoms with E-state index in [1.807, 2.05) is 24.3 Å². The Bertz CT molecular complexity index is 1260. The molecule has 4 rings (SSSR count). The van der Waals surface area contributed by atoms with E-state index >= 15 is 0 Å². The Balaban J connectivity index is 1.70. The first-order chi connectivity index (χ1) is 15.5. The number of phenols is 1. The van der Waals surface area contributed by atoms with Crippen molar-refractivity contribution in [3.63, 3.8) is 0 Å². The van der Waals surface area contributed by atoms with Crippen molar-refractivity contribution >= 4 is 16.9 Å². The molecule has 2 aromatic heterocycles. The number of rotatable bonds is 7. The fourth-order valence-corrected chi connectivity index (χ4v) is 3.71. The molecule has 0 radical (unpaired) electrons. The molecule has 0 saturated carbocycles. The van der Waals surface area contributed by atoms with E-state index in [0.29, 0.717) is 28.3 Å². The normalized spacial score (nSPS) is 11.1. The van der Waals surface area contributed by atoms with Gasteiger partial charge in [0.15, 0.2) is 0 Å². The van der Waals surface area contributed by atoms with Crippen LogP contribution in [0.4, 0.5) is 0 Å². The summed E-state index contributed by atoms with van der Waals surface area (Å²) in [5.74, 6) is 1.01.